The molecule has 0 bridgehead atoms. The first-order chi connectivity index (χ1) is 12.2. The van der Waals surface area contributed by atoms with E-state index in [2.05, 4.69) is 33.0 Å². The van der Waals surface area contributed by atoms with Crippen LogP contribution >= 0.6 is 0 Å². The Morgan fingerprint density at radius 3 is 3.00 bits per heavy atom. The van der Waals surface area contributed by atoms with Crippen LogP contribution in [-0.2, 0) is 0 Å². The second kappa shape index (κ2) is 6.19. The lowest BCUT2D eigenvalue weighted by Gasteiger charge is -2.14. The Balaban J connectivity index is 1.66. The van der Waals surface area contributed by atoms with E-state index in [0.717, 1.165) is 47.4 Å². The van der Waals surface area contributed by atoms with Gasteiger partial charge in [0.25, 0.3) is 0 Å². The molecule has 1 atom stereocenters. The third-order valence-corrected chi connectivity index (χ3v) is 4.64. The quantitative estimate of drug-likeness (QED) is 0.797. The number of aryl methyl sites for hydroxylation is 1. The van der Waals surface area contributed by atoms with E-state index in [0.29, 0.717) is 11.4 Å². The van der Waals surface area contributed by atoms with Crippen LogP contribution in [0, 0.1) is 18.3 Å². The van der Waals surface area contributed by atoms with Gasteiger partial charge >= 0.3 is 0 Å². The van der Waals surface area contributed by atoms with Crippen LogP contribution in [0.15, 0.2) is 30.6 Å². The third-order valence-electron chi connectivity index (χ3n) is 4.64. The van der Waals surface area contributed by atoms with Crippen LogP contribution in [0.4, 0.5) is 0 Å². The van der Waals surface area contributed by atoms with Crippen molar-refractivity contribution in [1.29, 1.82) is 5.26 Å². The maximum atomic E-state index is 9.23. The summed E-state index contributed by atoms with van der Waals surface area (Å²) in [4.78, 5) is 14.6. The first kappa shape index (κ1) is 15.6. The Morgan fingerprint density at radius 1 is 1.40 bits per heavy atom. The number of likely N-dealkylation sites (tertiary alicyclic amines) is 1. The highest BCUT2D eigenvalue weighted by molar-refractivity contribution is 5.97. The fourth-order valence-electron chi connectivity index (χ4n) is 3.32. The number of hydrogen-bond donors (Lipinski definition) is 1. The van der Waals surface area contributed by atoms with Crippen LogP contribution in [0.2, 0.25) is 0 Å². The SMILES string of the molecule is Cc1nc(-c2c[nH]c3c(C#N)cccc23)cnc1OC1CCN(C)C1. The second-order valence-corrected chi connectivity index (χ2v) is 6.48. The number of benzene rings is 1. The van der Waals surface area contributed by atoms with Gasteiger partial charge in [-0.05, 0) is 26.5 Å². The van der Waals surface area contributed by atoms with E-state index in [9.17, 15) is 5.26 Å². The van der Waals surface area contributed by atoms with E-state index in [1.54, 1.807) is 12.3 Å². The molecule has 1 aliphatic rings. The standard InChI is InChI=1S/C19H19N5O/c1-12-19(25-14-6-7-24(2)11-14)22-10-17(23-12)16-9-21-18-13(8-20)4-3-5-15(16)18/h3-5,9-10,14,21H,6-7,11H2,1-2H3. The zero-order chi connectivity index (χ0) is 17.4. The average molecular weight is 333 g/mol. The zero-order valence-corrected chi connectivity index (χ0v) is 14.3. The Kier molecular flexibility index (Phi) is 3.86. The van der Waals surface area contributed by atoms with Crippen molar-refractivity contribution in [2.75, 3.05) is 20.1 Å². The molecule has 1 aromatic carbocycles. The van der Waals surface area contributed by atoms with Crippen molar-refractivity contribution < 1.29 is 4.74 Å². The average Bonchev–Trinajstić information content (AvgIpc) is 3.22. The molecule has 1 N–H and O–H groups in total. The topological polar surface area (TPSA) is 77.8 Å². The van der Waals surface area contributed by atoms with Gasteiger partial charge in [-0.25, -0.2) is 9.97 Å². The molecule has 0 radical (unpaired) electrons. The lowest BCUT2D eigenvalue weighted by Crippen LogP contribution is -2.22. The minimum atomic E-state index is 0.176. The highest BCUT2D eigenvalue weighted by Crippen LogP contribution is 2.30. The Morgan fingerprint density at radius 2 is 2.28 bits per heavy atom. The van der Waals surface area contributed by atoms with Gasteiger partial charge in [0.05, 0.1) is 23.0 Å². The highest BCUT2D eigenvalue weighted by atomic mass is 16.5. The molecule has 1 unspecified atom stereocenters. The van der Waals surface area contributed by atoms with E-state index in [1.807, 2.05) is 25.3 Å². The first-order valence-corrected chi connectivity index (χ1v) is 8.35. The van der Waals surface area contributed by atoms with Gasteiger partial charge in [0.2, 0.25) is 5.88 Å². The molecule has 6 nitrogen and oxygen atoms in total. The second-order valence-electron chi connectivity index (χ2n) is 6.48. The molecule has 0 saturated carbocycles. The molecule has 3 heterocycles. The maximum absolute atomic E-state index is 9.23. The molecule has 2 aromatic heterocycles. The van der Waals surface area contributed by atoms with E-state index in [-0.39, 0.29) is 6.10 Å². The van der Waals surface area contributed by atoms with E-state index in [4.69, 9.17) is 4.74 Å². The summed E-state index contributed by atoms with van der Waals surface area (Å²) in [5, 5.41) is 10.2. The van der Waals surface area contributed by atoms with Crippen molar-refractivity contribution in [1.82, 2.24) is 19.9 Å². The molecule has 0 aliphatic carbocycles. The van der Waals surface area contributed by atoms with E-state index >= 15 is 0 Å². The number of rotatable bonds is 3. The molecule has 3 aromatic rings. The highest BCUT2D eigenvalue weighted by Gasteiger charge is 2.22. The van der Waals surface area contributed by atoms with Gasteiger partial charge in [0.15, 0.2) is 0 Å². The van der Waals surface area contributed by atoms with Crippen molar-refractivity contribution in [3.8, 4) is 23.2 Å². The predicted molar refractivity (Wildman–Crippen MR) is 95.3 cm³/mol. The molecule has 1 aliphatic heterocycles. The number of fused-ring (bicyclic) bond motifs is 1. The first-order valence-electron chi connectivity index (χ1n) is 8.35. The molecule has 1 saturated heterocycles. The van der Waals surface area contributed by atoms with Crippen LogP contribution in [-0.4, -0.2) is 46.1 Å². The fourth-order valence-corrected chi connectivity index (χ4v) is 3.32. The van der Waals surface area contributed by atoms with Gasteiger partial charge in [-0.15, -0.1) is 0 Å². The number of likely N-dealkylation sites (N-methyl/N-ethyl adjacent to an activating group) is 1. The number of aromatic nitrogens is 3. The Bertz CT molecular complexity index is 972. The smallest absolute Gasteiger partial charge is 0.235 e. The summed E-state index contributed by atoms with van der Waals surface area (Å²) in [5.74, 6) is 0.599. The molecular formula is C19H19N5O. The van der Waals surface area contributed by atoms with Crippen molar-refractivity contribution in [3.05, 3.63) is 41.9 Å². The van der Waals surface area contributed by atoms with Crippen LogP contribution in [0.1, 0.15) is 17.7 Å². The summed E-state index contributed by atoms with van der Waals surface area (Å²) < 4.78 is 6.01. The lowest BCUT2D eigenvalue weighted by atomic mass is 10.1. The monoisotopic (exact) mass is 333 g/mol. The van der Waals surface area contributed by atoms with Crippen LogP contribution in [0.3, 0.4) is 0 Å². The summed E-state index contributed by atoms with van der Waals surface area (Å²) in [6.07, 6.45) is 4.80. The number of nitrogens with one attached hydrogen (secondary N) is 1. The molecule has 1 fully saturated rings. The molecule has 6 heteroatoms. The van der Waals surface area contributed by atoms with E-state index < -0.39 is 0 Å². The summed E-state index contributed by atoms with van der Waals surface area (Å²) in [7, 11) is 2.09. The van der Waals surface area contributed by atoms with E-state index in [1.165, 1.54) is 0 Å². The predicted octanol–water partition coefficient (Wildman–Crippen LogP) is 2.89. The van der Waals surface area contributed by atoms with Crippen molar-refractivity contribution in [2.45, 2.75) is 19.4 Å². The molecule has 0 spiro atoms. The molecule has 4 rings (SSSR count). The maximum Gasteiger partial charge on any atom is 0.235 e. The molecule has 25 heavy (non-hydrogen) atoms. The van der Waals surface area contributed by atoms with Gasteiger partial charge in [0.1, 0.15) is 17.9 Å². The third kappa shape index (κ3) is 2.83. The minimum Gasteiger partial charge on any atom is -0.472 e. The van der Waals surface area contributed by atoms with Gasteiger partial charge in [-0.2, -0.15) is 5.26 Å². The number of hydrogen-bond acceptors (Lipinski definition) is 5. The molecule has 126 valence electrons. The fraction of sp³-hybridized carbons (Fsp3) is 0.316. The number of nitrogens with zero attached hydrogens (tertiary/aromatic N) is 4. The number of ether oxygens (including phenoxy) is 1. The number of aromatic amines is 1. The summed E-state index contributed by atoms with van der Waals surface area (Å²) in [5.41, 5.74) is 3.94. The minimum absolute atomic E-state index is 0.176. The number of nitriles is 1. The van der Waals surface area contributed by atoms with Crippen molar-refractivity contribution in [3.63, 3.8) is 0 Å². The van der Waals surface area contributed by atoms with Crippen molar-refractivity contribution >= 4 is 10.9 Å². The van der Waals surface area contributed by atoms with Crippen LogP contribution in [0.5, 0.6) is 5.88 Å². The van der Waals surface area contributed by atoms with Gasteiger partial charge in [0, 0.05) is 30.2 Å². The summed E-state index contributed by atoms with van der Waals surface area (Å²) in [6, 6.07) is 7.87. The summed E-state index contributed by atoms with van der Waals surface area (Å²) >= 11 is 0. The normalized spacial score (nSPS) is 17.7. The zero-order valence-electron chi connectivity index (χ0n) is 14.3. The molecular weight excluding hydrogens is 314 g/mol. The van der Waals surface area contributed by atoms with Crippen molar-refractivity contribution in [2.24, 2.45) is 0 Å². The molecule has 0 amide bonds. The Hall–Kier alpha value is -2.91. The van der Waals surface area contributed by atoms with Crippen LogP contribution < -0.4 is 4.74 Å². The Labute approximate surface area is 146 Å². The number of H-pyrrole nitrogens is 1. The van der Waals surface area contributed by atoms with Gasteiger partial charge in [-0.1, -0.05) is 12.1 Å². The number of para-hydroxylation sites is 1. The van der Waals surface area contributed by atoms with Crippen LogP contribution in [0.25, 0.3) is 22.2 Å². The largest absolute Gasteiger partial charge is 0.472 e. The van der Waals surface area contributed by atoms with Gasteiger partial charge in [-0.3, -0.25) is 0 Å². The van der Waals surface area contributed by atoms with Gasteiger partial charge < -0.3 is 14.6 Å². The lowest BCUT2D eigenvalue weighted by molar-refractivity contribution is 0.197. The summed E-state index contributed by atoms with van der Waals surface area (Å²) in [6.45, 7) is 3.88.